The number of amides is 1. The van der Waals surface area contributed by atoms with Gasteiger partial charge in [0.15, 0.2) is 0 Å². The van der Waals surface area contributed by atoms with Crippen molar-refractivity contribution in [1.29, 1.82) is 0 Å². The lowest BCUT2D eigenvalue weighted by atomic mass is 10.3. The lowest BCUT2D eigenvalue weighted by Crippen LogP contribution is -2.31. The molecule has 0 atom stereocenters. The Morgan fingerprint density at radius 1 is 1.47 bits per heavy atom. The minimum absolute atomic E-state index is 0.184. The third-order valence-electron chi connectivity index (χ3n) is 2.43. The number of nitrogen functional groups attached to an aromatic ring is 1. The van der Waals surface area contributed by atoms with Crippen LogP contribution in [-0.2, 0) is 10.5 Å². The van der Waals surface area contributed by atoms with Crippen LogP contribution in [-0.4, -0.2) is 34.6 Å². The van der Waals surface area contributed by atoms with Gasteiger partial charge in [-0.05, 0) is 26.0 Å². The SMILES string of the molecule is CCN(CC)C(=O)CSCc1cc(N)ccn1. The molecule has 0 bridgehead atoms. The zero-order valence-electron chi connectivity index (χ0n) is 10.3. The van der Waals surface area contributed by atoms with Gasteiger partial charge in [0.05, 0.1) is 11.4 Å². The number of carbonyl (C=O) groups is 1. The summed E-state index contributed by atoms with van der Waals surface area (Å²) in [6.07, 6.45) is 1.69. The summed E-state index contributed by atoms with van der Waals surface area (Å²) in [5.74, 6) is 1.40. The molecule has 1 rings (SSSR count). The molecule has 5 heteroatoms. The van der Waals surface area contributed by atoms with Gasteiger partial charge in [-0.1, -0.05) is 0 Å². The summed E-state index contributed by atoms with van der Waals surface area (Å²) in [6, 6.07) is 3.60. The number of hydrogen-bond donors (Lipinski definition) is 1. The van der Waals surface area contributed by atoms with Crippen molar-refractivity contribution < 1.29 is 4.79 Å². The fourth-order valence-corrected chi connectivity index (χ4v) is 2.31. The van der Waals surface area contributed by atoms with E-state index in [0.717, 1.165) is 24.5 Å². The molecule has 0 saturated heterocycles. The maximum Gasteiger partial charge on any atom is 0.232 e. The van der Waals surface area contributed by atoms with Crippen molar-refractivity contribution in [2.24, 2.45) is 0 Å². The first kappa shape index (κ1) is 13.8. The van der Waals surface area contributed by atoms with E-state index >= 15 is 0 Å². The summed E-state index contributed by atoms with van der Waals surface area (Å²) in [6.45, 7) is 5.52. The molecule has 0 unspecified atom stereocenters. The van der Waals surface area contributed by atoms with Crippen LogP contribution in [0.4, 0.5) is 5.69 Å². The van der Waals surface area contributed by atoms with E-state index in [9.17, 15) is 4.79 Å². The van der Waals surface area contributed by atoms with Gasteiger partial charge in [0.25, 0.3) is 0 Å². The Kier molecular flexibility index (Phi) is 5.83. The molecular weight excluding hydrogens is 234 g/mol. The number of thioether (sulfide) groups is 1. The van der Waals surface area contributed by atoms with Crippen LogP contribution in [0.1, 0.15) is 19.5 Å². The smallest absolute Gasteiger partial charge is 0.232 e. The molecule has 0 aliphatic heterocycles. The minimum Gasteiger partial charge on any atom is -0.399 e. The highest BCUT2D eigenvalue weighted by Crippen LogP contribution is 2.12. The maximum absolute atomic E-state index is 11.7. The van der Waals surface area contributed by atoms with E-state index in [0.29, 0.717) is 11.4 Å². The number of pyridine rings is 1. The Balaban J connectivity index is 2.35. The van der Waals surface area contributed by atoms with Gasteiger partial charge in [0.2, 0.25) is 5.91 Å². The number of nitrogens with two attached hydrogens (primary N) is 1. The highest BCUT2D eigenvalue weighted by atomic mass is 32.2. The summed E-state index contributed by atoms with van der Waals surface area (Å²) in [7, 11) is 0. The molecule has 1 aromatic rings. The van der Waals surface area contributed by atoms with Crippen molar-refractivity contribution in [3.63, 3.8) is 0 Å². The third-order valence-corrected chi connectivity index (χ3v) is 3.38. The molecule has 1 aromatic heterocycles. The predicted octanol–water partition coefficient (Wildman–Crippen LogP) is 1.77. The molecule has 2 N–H and O–H groups in total. The molecule has 0 radical (unpaired) electrons. The average Bonchev–Trinajstić information content (AvgIpc) is 2.30. The molecule has 1 heterocycles. The average molecular weight is 253 g/mol. The van der Waals surface area contributed by atoms with E-state index in [1.54, 1.807) is 24.0 Å². The normalized spacial score (nSPS) is 10.2. The fraction of sp³-hybridized carbons (Fsp3) is 0.500. The zero-order chi connectivity index (χ0) is 12.7. The van der Waals surface area contributed by atoms with Crippen molar-refractivity contribution in [3.05, 3.63) is 24.0 Å². The number of hydrogen-bond acceptors (Lipinski definition) is 4. The topological polar surface area (TPSA) is 59.2 Å². The standard InChI is InChI=1S/C12H19N3OS/c1-3-15(4-2)12(16)9-17-8-11-7-10(13)5-6-14-11/h5-7H,3-4,8-9H2,1-2H3,(H2,13,14). The van der Waals surface area contributed by atoms with Crippen LogP contribution in [0, 0.1) is 0 Å². The highest BCUT2D eigenvalue weighted by molar-refractivity contribution is 7.99. The van der Waals surface area contributed by atoms with Crippen molar-refractivity contribution in [2.45, 2.75) is 19.6 Å². The van der Waals surface area contributed by atoms with Crippen molar-refractivity contribution in [3.8, 4) is 0 Å². The summed E-state index contributed by atoms with van der Waals surface area (Å²) in [5, 5.41) is 0. The van der Waals surface area contributed by atoms with Gasteiger partial charge in [-0.3, -0.25) is 9.78 Å². The van der Waals surface area contributed by atoms with Crippen LogP contribution in [0.2, 0.25) is 0 Å². The number of nitrogens with zero attached hydrogens (tertiary/aromatic N) is 2. The molecule has 4 nitrogen and oxygen atoms in total. The lowest BCUT2D eigenvalue weighted by molar-refractivity contribution is -0.127. The quantitative estimate of drug-likeness (QED) is 0.839. The number of rotatable bonds is 6. The van der Waals surface area contributed by atoms with Gasteiger partial charge >= 0.3 is 0 Å². The second-order valence-electron chi connectivity index (χ2n) is 3.64. The molecule has 0 spiro atoms. The number of aromatic nitrogens is 1. The van der Waals surface area contributed by atoms with Crippen LogP contribution in [0.3, 0.4) is 0 Å². The molecule has 94 valence electrons. The minimum atomic E-state index is 0.184. The number of carbonyl (C=O) groups excluding carboxylic acids is 1. The second-order valence-corrected chi connectivity index (χ2v) is 4.62. The van der Waals surface area contributed by atoms with E-state index in [-0.39, 0.29) is 5.91 Å². The van der Waals surface area contributed by atoms with Crippen LogP contribution >= 0.6 is 11.8 Å². The first-order valence-corrected chi connectivity index (χ1v) is 6.88. The monoisotopic (exact) mass is 253 g/mol. The fourth-order valence-electron chi connectivity index (χ4n) is 1.49. The molecule has 0 aromatic carbocycles. The van der Waals surface area contributed by atoms with Crippen LogP contribution in [0.25, 0.3) is 0 Å². The zero-order valence-corrected chi connectivity index (χ0v) is 11.2. The molecule has 0 saturated carbocycles. The summed E-state index contributed by atoms with van der Waals surface area (Å²) in [5.41, 5.74) is 7.29. The first-order chi connectivity index (χ1) is 8.17. The van der Waals surface area contributed by atoms with Crippen LogP contribution in [0.15, 0.2) is 18.3 Å². The Hall–Kier alpha value is -1.23. The lowest BCUT2D eigenvalue weighted by Gasteiger charge is -2.18. The van der Waals surface area contributed by atoms with E-state index in [2.05, 4.69) is 4.98 Å². The highest BCUT2D eigenvalue weighted by Gasteiger charge is 2.09. The van der Waals surface area contributed by atoms with Gasteiger partial charge < -0.3 is 10.6 Å². The first-order valence-electron chi connectivity index (χ1n) is 5.73. The largest absolute Gasteiger partial charge is 0.399 e. The van der Waals surface area contributed by atoms with Gasteiger partial charge in [-0.2, -0.15) is 0 Å². The van der Waals surface area contributed by atoms with Crippen molar-refractivity contribution in [2.75, 3.05) is 24.6 Å². The van der Waals surface area contributed by atoms with E-state index < -0.39 is 0 Å². The maximum atomic E-state index is 11.7. The number of anilines is 1. The van der Waals surface area contributed by atoms with Gasteiger partial charge in [0.1, 0.15) is 0 Å². The van der Waals surface area contributed by atoms with Crippen molar-refractivity contribution in [1.82, 2.24) is 9.88 Å². The van der Waals surface area contributed by atoms with Crippen molar-refractivity contribution >= 4 is 23.4 Å². The molecule has 17 heavy (non-hydrogen) atoms. The Bertz CT molecular complexity index is 367. The molecule has 0 aliphatic rings. The summed E-state index contributed by atoms with van der Waals surface area (Å²) >= 11 is 1.57. The van der Waals surface area contributed by atoms with Gasteiger partial charge in [0, 0.05) is 30.7 Å². The van der Waals surface area contributed by atoms with Crippen LogP contribution < -0.4 is 5.73 Å². The Morgan fingerprint density at radius 3 is 2.76 bits per heavy atom. The predicted molar refractivity (Wildman–Crippen MR) is 72.7 cm³/mol. The molecule has 0 fully saturated rings. The molecule has 1 amide bonds. The summed E-state index contributed by atoms with van der Waals surface area (Å²) < 4.78 is 0. The molecular formula is C12H19N3OS. The van der Waals surface area contributed by atoms with E-state index in [1.807, 2.05) is 24.8 Å². The summed E-state index contributed by atoms with van der Waals surface area (Å²) in [4.78, 5) is 17.8. The Labute approximate surface area is 107 Å². The van der Waals surface area contributed by atoms with Gasteiger partial charge in [-0.15, -0.1) is 11.8 Å². The Morgan fingerprint density at radius 2 is 2.18 bits per heavy atom. The molecule has 0 aliphatic carbocycles. The third kappa shape index (κ3) is 4.65. The van der Waals surface area contributed by atoms with Crippen LogP contribution in [0.5, 0.6) is 0 Å². The second kappa shape index (κ2) is 7.17. The van der Waals surface area contributed by atoms with Gasteiger partial charge in [-0.25, -0.2) is 0 Å². The van der Waals surface area contributed by atoms with E-state index in [1.165, 1.54) is 0 Å². The van der Waals surface area contributed by atoms with E-state index in [4.69, 9.17) is 5.73 Å².